The maximum atomic E-state index is 12.0. The Kier molecular flexibility index (Phi) is 4.54. The fourth-order valence-electron chi connectivity index (χ4n) is 1.99. The van der Waals surface area contributed by atoms with Gasteiger partial charge in [-0.25, -0.2) is 4.98 Å². The highest BCUT2D eigenvalue weighted by molar-refractivity contribution is 7.22. The third-order valence-electron chi connectivity index (χ3n) is 3.13. The second-order valence-corrected chi connectivity index (χ2v) is 6.21. The van der Waals surface area contributed by atoms with E-state index in [1.807, 2.05) is 12.1 Å². The van der Waals surface area contributed by atoms with Gasteiger partial charge >= 0.3 is 0 Å². The first-order valence-corrected chi connectivity index (χ1v) is 8.01. The molecular formula is C16H10ClN3O3S. The van der Waals surface area contributed by atoms with Crippen molar-refractivity contribution in [2.45, 2.75) is 0 Å². The molecule has 1 N–H and O–H groups in total. The second kappa shape index (κ2) is 6.77. The standard InChI is InChI=1S/C16H10ClN3O3S/c17-12-2-1-3-13-15(12)19-16(24-13)18-14(21)9-6-10-4-7-11(8-5-10)20(22)23/h1-9H,(H,18,19,21). The minimum atomic E-state index is -0.474. The molecule has 1 aromatic heterocycles. The number of hydrogen-bond acceptors (Lipinski definition) is 5. The zero-order valence-electron chi connectivity index (χ0n) is 12.1. The van der Waals surface area contributed by atoms with E-state index in [1.165, 1.54) is 29.5 Å². The third kappa shape index (κ3) is 3.58. The van der Waals surface area contributed by atoms with E-state index in [2.05, 4.69) is 10.3 Å². The molecule has 8 heteroatoms. The Hall–Kier alpha value is -2.77. The van der Waals surface area contributed by atoms with Gasteiger partial charge in [-0.3, -0.25) is 20.2 Å². The summed E-state index contributed by atoms with van der Waals surface area (Å²) in [6, 6.07) is 11.3. The number of carbonyl (C=O) groups is 1. The second-order valence-electron chi connectivity index (χ2n) is 4.78. The Morgan fingerprint density at radius 2 is 2.00 bits per heavy atom. The molecule has 3 rings (SSSR count). The van der Waals surface area contributed by atoms with Crippen LogP contribution in [0.5, 0.6) is 0 Å². The number of fused-ring (bicyclic) bond motifs is 1. The van der Waals surface area contributed by atoms with Crippen LogP contribution < -0.4 is 5.32 Å². The molecule has 3 aromatic rings. The van der Waals surface area contributed by atoms with Gasteiger partial charge in [0.1, 0.15) is 5.52 Å². The average molecular weight is 360 g/mol. The monoisotopic (exact) mass is 359 g/mol. The number of nitro benzene ring substituents is 1. The van der Waals surface area contributed by atoms with Crippen LogP contribution in [0, 0.1) is 10.1 Å². The number of nitrogens with one attached hydrogen (secondary N) is 1. The van der Waals surface area contributed by atoms with Gasteiger partial charge in [-0.15, -0.1) is 0 Å². The molecule has 2 aromatic carbocycles. The highest BCUT2D eigenvalue weighted by atomic mass is 35.5. The van der Waals surface area contributed by atoms with Gasteiger partial charge < -0.3 is 0 Å². The van der Waals surface area contributed by atoms with Gasteiger partial charge in [0.05, 0.1) is 14.6 Å². The van der Waals surface area contributed by atoms with Crippen molar-refractivity contribution < 1.29 is 9.72 Å². The molecule has 0 spiro atoms. The molecule has 0 saturated carbocycles. The van der Waals surface area contributed by atoms with Gasteiger partial charge in [0.15, 0.2) is 5.13 Å². The Balaban J connectivity index is 1.70. The number of thiazole rings is 1. The van der Waals surface area contributed by atoms with Crippen molar-refractivity contribution in [3.05, 3.63) is 69.2 Å². The smallest absolute Gasteiger partial charge is 0.269 e. The zero-order valence-corrected chi connectivity index (χ0v) is 13.7. The lowest BCUT2D eigenvalue weighted by atomic mass is 10.2. The Bertz CT molecular complexity index is 951. The number of nitrogens with zero attached hydrogens (tertiary/aromatic N) is 2. The van der Waals surface area contributed by atoms with Gasteiger partial charge in [0, 0.05) is 18.2 Å². The fraction of sp³-hybridized carbons (Fsp3) is 0. The fourth-order valence-corrected chi connectivity index (χ4v) is 3.16. The number of carbonyl (C=O) groups excluding carboxylic acids is 1. The van der Waals surface area contributed by atoms with E-state index >= 15 is 0 Å². The summed E-state index contributed by atoms with van der Waals surface area (Å²) in [5.41, 5.74) is 1.34. The molecule has 0 unspecified atom stereocenters. The van der Waals surface area contributed by atoms with Crippen molar-refractivity contribution in [3.63, 3.8) is 0 Å². The van der Waals surface area contributed by atoms with Crippen molar-refractivity contribution in [2.75, 3.05) is 5.32 Å². The maximum Gasteiger partial charge on any atom is 0.269 e. The molecule has 1 amide bonds. The largest absolute Gasteiger partial charge is 0.298 e. The van der Waals surface area contributed by atoms with Crippen molar-refractivity contribution in [1.29, 1.82) is 0 Å². The number of para-hydroxylation sites is 1. The van der Waals surface area contributed by atoms with Gasteiger partial charge in [0.25, 0.3) is 5.69 Å². The number of non-ortho nitro benzene ring substituents is 1. The van der Waals surface area contributed by atoms with Gasteiger partial charge in [-0.1, -0.05) is 29.0 Å². The lowest BCUT2D eigenvalue weighted by molar-refractivity contribution is -0.384. The number of amides is 1. The minimum Gasteiger partial charge on any atom is -0.298 e. The number of aromatic nitrogens is 1. The summed E-state index contributed by atoms with van der Waals surface area (Å²) in [5, 5.41) is 14.2. The third-order valence-corrected chi connectivity index (χ3v) is 4.37. The quantitative estimate of drug-likeness (QED) is 0.422. The van der Waals surface area contributed by atoms with Crippen molar-refractivity contribution in [3.8, 4) is 0 Å². The number of nitro groups is 1. The first-order valence-electron chi connectivity index (χ1n) is 6.81. The molecule has 120 valence electrons. The van der Waals surface area contributed by atoms with Crippen LogP contribution >= 0.6 is 22.9 Å². The summed E-state index contributed by atoms with van der Waals surface area (Å²) in [6.45, 7) is 0. The van der Waals surface area contributed by atoms with Crippen LogP contribution in [0.1, 0.15) is 5.56 Å². The number of benzene rings is 2. The van der Waals surface area contributed by atoms with Crippen LogP contribution in [0.15, 0.2) is 48.5 Å². The van der Waals surface area contributed by atoms with Gasteiger partial charge in [-0.2, -0.15) is 0 Å². The molecule has 0 radical (unpaired) electrons. The van der Waals surface area contributed by atoms with Crippen LogP contribution in [-0.2, 0) is 4.79 Å². The Morgan fingerprint density at radius 1 is 1.25 bits per heavy atom. The van der Waals surface area contributed by atoms with Crippen LogP contribution in [0.4, 0.5) is 10.8 Å². The lowest BCUT2D eigenvalue weighted by Gasteiger charge is -1.96. The Morgan fingerprint density at radius 3 is 2.67 bits per heavy atom. The molecule has 0 fully saturated rings. The molecule has 0 aliphatic heterocycles. The summed E-state index contributed by atoms with van der Waals surface area (Å²) in [4.78, 5) is 26.3. The van der Waals surface area contributed by atoms with E-state index < -0.39 is 4.92 Å². The van der Waals surface area contributed by atoms with E-state index in [4.69, 9.17) is 11.6 Å². The summed E-state index contributed by atoms with van der Waals surface area (Å²) in [6.07, 6.45) is 2.91. The van der Waals surface area contributed by atoms with Crippen LogP contribution in [-0.4, -0.2) is 15.8 Å². The average Bonchev–Trinajstić information content (AvgIpc) is 2.97. The minimum absolute atomic E-state index is 0.00274. The zero-order chi connectivity index (χ0) is 17.1. The highest BCUT2D eigenvalue weighted by Crippen LogP contribution is 2.30. The van der Waals surface area contributed by atoms with Crippen molar-refractivity contribution >= 4 is 56.0 Å². The first-order chi connectivity index (χ1) is 11.5. The van der Waals surface area contributed by atoms with Gasteiger partial charge in [0.2, 0.25) is 5.91 Å². The molecule has 0 saturated heterocycles. The number of anilines is 1. The summed E-state index contributed by atoms with van der Waals surface area (Å²) in [5.74, 6) is -0.344. The lowest BCUT2D eigenvalue weighted by Crippen LogP contribution is -2.07. The van der Waals surface area contributed by atoms with Crippen molar-refractivity contribution in [2.24, 2.45) is 0 Å². The summed E-state index contributed by atoms with van der Waals surface area (Å²) < 4.78 is 0.886. The topological polar surface area (TPSA) is 85.1 Å². The van der Waals surface area contributed by atoms with E-state index in [0.29, 0.717) is 21.2 Å². The van der Waals surface area contributed by atoms with Crippen molar-refractivity contribution in [1.82, 2.24) is 4.98 Å². The van der Waals surface area contributed by atoms with Crippen LogP contribution in [0.25, 0.3) is 16.3 Å². The molecule has 0 aliphatic rings. The molecule has 1 heterocycles. The number of halogens is 1. The Labute approximate surface area is 145 Å². The summed E-state index contributed by atoms with van der Waals surface area (Å²) in [7, 11) is 0. The molecule has 6 nitrogen and oxygen atoms in total. The van der Waals surface area contributed by atoms with E-state index in [1.54, 1.807) is 24.3 Å². The molecule has 24 heavy (non-hydrogen) atoms. The first kappa shape index (κ1) is 16.1. The van der Waals surface area contributed by atoms with Gasteiger partial charge in [-0.05, 0) is 35.9 Å². The van der Waals surface area contributed by atoms with E-state index in [0.717, 1.165) is 4.70 Å². The normalized spacial score (nSPS) is 11.0. The molecule has 0 aliphatic carbocycles. The molecule has 0 atom stereocenters. The molecule has 0 bridgehead atoms. The van der Waals surface area contributed by atoms with E-state index in [9.17, 15) is 14.9 Å². The molecular weight excluding hydrogens is 350 g/mol. The van der Waals surface area contributed by atoms with E-state index in [-0.39, 0.29) is 11.6 Å². The SMILES string of the molecule is O=C(C=Cc1ccc([N+](=O)[O-])cc1)Nc1nc2c(Cl)cccc2s1. The predicted octanol–water partition coefficient (Wildman–Crippen LogP) is 4.51. The summed E-state index contributed by atoms with van der Waals surface area (Å²) >= 11 is 7.38. The number of hydrogen-bond donors (Lipinski definition) is 1. The van der Waals surface area contributed by atoms with Crippen LogP contribution in [0.3, 0.4) is 0 Å². The maximum absolute atomic E-state index is 12.0. The van der Waals surface area contributed by atoms with Crippen LogP contribution in [0.2, 0.25) is 5.02 Å². The predicted molar refractivity (Wildman–Crippen MR) is 95.4 cm³/mol. The number of rotatable bonds is 4. The highest BCUT2D eigenvalue weighted by Gasteiger charge is 2.08.